The van der Waals surface area contributed by atoms with Crippen LogP contribution < -0.4 is 11.1 Å². The molecule has 0 aliphatic heterocycles. The Morgan fingerprint density at radius 1 is 0.947 bits per heavy atom. The SMILES string of the molecule is CC(C)(C)OC(=O)Nc1nc(/C(=N\OC(C)(C)C(=O)OC(c2ccccc2)c2ccccc2)C([NH])=O)cs1. The minimum absolute atomic E-state index is 0.00308. The molecule has 2 aromatic carbocycles. The Morgan fingerprint density at radius 2 is 1.50 bits per heavy atom. The number of ether oxygens (including phenoxy) is 2. The molecule has 2 amide bonds. The lowest BCUT2D eigenvalue weighted by Crippen LogP contribution is -2.37. The average molecular weight is 538 g/mol. The third-order valence-corrected chi connectivity index (χ3v) is 5.61. The molecule has 10 nitrogen and oxygen atoms in total. The third kappa shape index (κ3) is 7.87. The Labute approximate surface area is 224 Å². The van der Waals surface area contributed by atoms with Gasteiger partial charge in [-0.2, -0.15) is 0 Å². The summed E-state index contributed by atoms with van der Waals surface area (Å²) < 4.78 is 11.0. The predicted octanol–water partition coefficient (Wildman–Crippen LogP) is 5.13. The molecule has 0 saturated carbocycles. The van der Waals surface area contributed by atoms with Crippen LogP contribution in [0.4, 0.5) is 9.93 Å². The quantitative estimate of drug-likeness (QED) is 0.227. The van der Waals surface area contributed by atoms with Gasteiger partial charge in [-0.15, -0.1) is 11.3 Å². The zero-order chi connectivity index (χ0) is 27.9. The Kier molecular flexibility index (Phi) is 8.84. The molecule has 11 heteroatoms. The molecule has 0 spiro atoms. The van der Waals surface area contributed by atoms with E-state index in [9.17, 15) is 14.4 Å². The van der Waals surface area contributed by atoms with Crippen molar-refractivity contribution in [2.75, 3.05) is 5.32 Å². The Bertz CT molecular complexity index is 1260. The van der Waals surface area contributed by atoms with Gasteiger partial charge in [0.25, 0.3) is 5.91 Å². The number of benzene rings is 2. The van der Waals surface area contributed by atoms with Gasteiger partial charge in [0, 0.05) is 5.38 Å². The number of hydrogen-bond donors (Lipinski definition) is 1. The monoisotopic (exact) mass is 537 g/mol. The van der Waals surface area contributed by atoms with Gasteiger partial charge >= 0.3 is 12.1 Å². The maximum atomic E-state index is 13.2. The van der Waals surface area contributed by atoms with Crippen molar-refractivity contribution in [1.82, 2.24) is 10.7 Å². The molecular weight excluding hydrogens is 508 g/mol. The van der Waals surface area contributed by atoms with E-state index in [0.717, 1.165) is 22.5 Å². The number of rotatable bonds is 9. The van der Waals surface area contributed by atoms with E-state index in [1.54, 1.807) is 20.8 Å². The fourth-order valence-electron chi connectivity index (χ4n) is 3.07. The van der Waals surface area contributed by atoms with Crippen molar-refractivity contribution in [1.29, 1.82) is 0 Å². The van der Waals surface area contributed by atoms with E-state index >= 15 is 0 Å². The summed E-state index contributed by atoms with van der Waals surface area (Å²) >= 11 is 1.01. The minimum atomic E-state index is -1.61. The second-order valence-electron chi connectivity index (χ2n) is 9.64. The molecule has 0 fully saturated rings. The van der Waals surface area contributed by atoms with Crippen molar-refractivity contribution in [2.45, 2.75) is 51.9 Å². The highest BCUT2D eigenvalue weighted by Crippen LogP contribution is 2.28. The number of amides is 2. The number of thiazole rings is 1. The zero-order valence-corrected chi connectivity index (χ0v) is 22.5. The summed E-state index contributed by atoms with van der Waals surface area (Å²) in [5.41, 5.74) is 6.34. The van der Waals surface area contributed by atoms with Crippen LogP contribution in [0.5, 0.6) is 0 Å². The number of esters is 1. The highest BCUT2D eigenvalue weighted by atomic mass is 32.1. The van der Waals surface area contributed by atoms with Gasteiger partial charge in [-0.1, -0.05) is 65.8 Å². The molecule has 1 heterocycles. The molecule has 3 rings (SSSR count). The van der Waals surface area contributed by atoms with Gasteiger partial charge in [0.15, 0.2) is 16.9 Å². The predicted molar refractivity (Wildman–Crippen MR) is 143 cm³/mol. The van der Waals surface area contributed by atoms with Crippen LogP contribution in [0.1, 0.15) is 57.5 Å². The number of hydrogen-bond acceptors (Lipinski definition) is 9. The standard InChI is InChI=1S/C27H29N4O6S/c1-26(2,3)36-25(34)30-24-29-19(16-38-24)20(22(28)32)31-37-27(4,5)23(33)35-21(17-12-8-6-9-13-17)18-14-10-7-11-15-18/h6-16,21,28H,1-5H3,(H,29,30,34)/b31-20+. The molecule has 0 bridgehead atoms. The fourth-order valence-corrected chi connectivity index (χ4v) is 3.75. The molecule has 3 aromatic rings. The van der Waals surface area contributed by atoms with E-state index in [4.69, 9.17) is 20.0 Å². The Morgan fingerprint density at radius 3 is 2.00 bits per heavy atom. The number of aromatic nitrogens is 1. The summed E-state index contributed by atoms with van der Waals surface area (Å²) in [5, 5.41) is 7.79. The molecule has 0 aliphatic carbocycles. The Hall–Kier alpha value is -4.25. The molecule has 1 radical (unpaired) electrons. The summed E-state index contributed by atoms with van der Waals surface area (Å²) in [6, 6.07) is 18.5. The molecular formula is C27H29N4O6S. The van der Waals surface area contributed by atoms with Crippen LogP contribution in [0.2, 0.25) is 0 Å². The third-order valence-electron chi connectivity index (χ3n) is 4.86. The van der Waals surface area contributed by atoms with E-state index in [1.807, 2.05) is 60.7 Å². The summed E-state index contributed by atoms with van der Waals surface area (Å²) in [6.45, 7) is 8.03. The number of anilines is 1. The van der Waals surface area contributed by atoms with Gasteiger partial charge in [0.05, 0.1) is 0 Å². The van der Waals surface area contributed by atoms with Crippen molar-refractivity contribution in [3.63, 3.8) is 0 Å². The highest BCUT2D eigenvalue weighted by Gasteiger charge is 2.36. The van der Waals surface area contributed by atoms with Crippen LogP contribution in [0.15, 0.2) is 71.2 Å². The van der Waals surface area contributed by atoms with Crippen LogP contribution in [0.25, 0.3) is 0 Å². The lowest BCUT2D eigenvalue weighted by molar-refractivity contribution is -0.172. The second-order valence-corrected chi connectivity index (χ2v) is 10.5. The van der Waals surface area contributed by atoms with Crippen molar-refractivity contribution >= 4 is 40.1 Å². The van der Waals surface area contributed by atoms with Crippen LogP contribution in [0, 0.1) is 0 Å². The van der Waals surface area contributed by atoms with Gasteiger partial charge in [-0.05, 0) is 45.7 Å². The molecule has 0 saturated heterocycles. The van der Waals surface area contributed by atoms with Gasteiger partial charge in [0.2, 0.25) is 5.60 Å². The van der Waals surface area contributed by atoms with Crippen LogP contribution in [-0.4, -0.2) is 39.9 Å². The number of carbonyl (C=O) groups excluding carboxylic acids is 3. The van der Waals surface area contributed by atoms with Gasteiger partial charge in [-0.25, -0.2) is 14.6 Å². The number of carbonyl (C=O) groups is 3. The first-order valence-corrected chi connectivity index (χ1v) is 12.5. The van der Waals surface area contributed by atoms with Crippen LogP contribution >= 0.6 is 11.3 Å². The number of nitrogens with one attached hydrogen (secondary N) is 2. The van der Waals surface area contributed by atoms with E-state index in [2.05, 4.69) is 15.5 Å². The van der Waals surface area contributed by atoms with Crippen LogP contribution in [0.3, 0.4) is 0 Å². The second kappa shape index (κ2) is 11.9. The summed E-state index contributed by atoms with van der Waals surface area (Å²) in [5.74, 6) is -1.92. The largest absolute Gasteiger partial charge is 0.450 e. The van der Waals surface area contributed by atoms with E-state index in [-0.39, 0.29) is 10.8 Å². The number of oxime groups is 1. The van der Waals surface area contributed by atoms with E-state index in [1.165, 1.54) is 19.2 Å². The topological polar surface area (TPSA) is 140 Å². The van der Waals surface area contributed by atoms with Gasteiger partial charge in [-0.3, -0.25) is 15.8 Å². The van der Waals surface area contributed by atoms with E-state index < -0.39 is 41.0 Å². The minimum Gasteiger partial charge on any atom is -0.450 e. The number of nitrogens with zero attached hydrogens (tertiary/aromatic N) is 2. The summed E-state index contributed by atoms with van der Waals surface area (Å²) in [4.78, 5) is 46.7. The molecule has 2 N–H and O–H groups in total. The zero-order valence-electron chi connectivity index (χ0n) is 21.7. The first kappa shape index (κ1) is 28.3. The van der Waals surface area contributed by atoms with Crippen LogP contribution in [-0.2, 0) is 23.9 Å². The first-order chi connectivity index (χ1) is 17.9. The van der Waals surface area contributed by atoms with Crippen molar-refractivity contribution in [3.8, 4) is 0 Å². The highest BCUT2D eigenvalue weighted by molar-refractivity contribution is 7.14. The molecule has 0 unspecified atom stereocenters. The lowest BCUT2D eigenvalue weighted by atomic mass is 10.0. The lowest BCUT2D eigenvalue weighted by Gasteiger charge is -2.25. The smallest absolute Gasteiger partial charge is 0.413 e. The van der Waals surface area contributed by atoms with Gasteiger partial charge in [0.1, 0.15) is 11.3 Å². The van der Waals surface area contributed by atoms with E-state index in [0.29, 0.717) is 0 Å². The van der Waals surface area contributed by atoms with Crippen molar-refractivity contribution in [3.05, 3.63) is 82.9 Å². The first-order valence-electron chi connectivity index (χ1n) is 11.6. The maximum absolute atomic E-state index is 13.2. The van der Waals surface area contributed by atoms with Crippen molar-refractivity contribution in [2.24, 2.45) is 5.16 Å². The van der Waals surface area contributed by atoms with Crippen molar-refractivity contribution < 1.29 is 28.7 Å². The fraction of sp³-hybridized carbons (Fsp3) is 0.296. The summed E-state index contributed by atoms with van der Waals surface area (Å²) in [7, 11) is 0. The molecule has 0 aliphatic rings. The molecule has 1 aromatic heterocycles. The molecule has 0 atom stereocenters. The average Bonchev–Trinajstić information content (AvgIpc) is 3.29. The summed E-state index contributed by atoms with van der Waals surface area (Å²) in [6.07, 6.45) is -1.42. The normalized spacial score (nSPS) is 12.1. The molecule has 38 heavy (non-hydrogen) atoms. The molecule has 199 valence electrons. The van der Waals surface area contributed by atoms with Gasteiger partial charge < -0.3 is 14.3 Å². The Balaban J connectivity index is 1.76. The maximum Gasteiger partial charge on any atom is 0.413 e.